The fourth-order valence-electron chi connectivity index (χ4n) is 4.90. The van der Waals surface area contributed by atoms with Gasteiger partial charge in [0.15, 0.2) is 12.6 Å². The highest BCUT2D eigenvalue weighted by Gasteiger charge is 2.45. The minimum absolute atomic E-state index is 0.0162. The summed E-state index contributed by atoms with van der Waals surface area (Å²) in [4.78, 5) is 45.7. The lowest BCUT2D eigenvalue weighted by Gasteiger charge is -2.44. The number of hydrogen-bond acceptors (Lipinski definition) is 14. The molecule has 2 aliphatic rings. The SMILES string of the molecule is C=CCOC(=O)NC1C(O)O[C@@H](COC(C)=O)[C@H](C)C1C.C=CCOC(=O)NC1C(OP(OCC)OCC)O[C@@H](COC(C)=O)[C@H](C)C1C. The van der Waals surface area contributed by atoms with Crippen molar-refractivity contribution in [1.82, 2.24) is 10.6 Å². The van der Waals surface area contributed by atoms with Crippen molar-refractivity contribution in [2.45, 2.75) is 92.3 Å². The molecule has 282 valence electrons. The standard InChI is InChI=1S/C18H32NO8P.C14H23NO6/c1-7-10-22-18(21)19-16-13(5)12(4)15(11-23-14(6)20)26-17(16)27-28(24-8-2)25-9-3;1-5-6-19-14(18)15-12-9(3)8(2)11(21-13(12)17)7-20-10(4)16/h7,12-13,15-17H,1,8-11H2,2-6H3,(H,19,21);5,8-9,11-13,17H,1,6-7H2,2-4H3,(H,15,18)/t12-,13?,15+,16?,17?;8-,9?,11+,12?,13?/m11/s1. The molecule has 2 saturated heterocycles. The molecule has 2 rings (SSSR count). The van der Waals surface area contributed by atoms with Gasteiger partial charge in [-0.2, -0.15) is 0 Å². The van der Waals surface area contributed by atoms with Crippen molar-refractivity contribution in [1.29, 1.82) is 0 Å². The van der Waals surface area contributed by atoms with Crippen LogP contribution in [0.25, 0.3) is 0 Å². The Morgan fingerprint density at radius 3 is 1.57 bits per heavy atom. The van der Waals surface area contributed by atoms with Crippen LogP contribution in [0.2, 0.25) is 0 Å². The van der Waals surface area contributed by atoms with Crippen LogP contribution in [0.4, 0.5) is 9.59 Å². The number of ether oxygens (including phenoxy) is 6. The minimum atomic E-state index is -1.66. The van der Waals surface area contributed by atoms with E-state index in [1.165, 1.54) is 26.0 Å². The molecule has 6 unspecified atom stereocenters. The Labute approximate surface area is 290 Å². The highest BCUT2D eigenvalue weighted by Crippen LogP contribution is 2.44. The molecule has 0 spiro atoms. The van der Waals surface area contributed by atoms with Crippen molar-refractivity contribution >= 4 is 32.7 Å². The Hall–Kier alpha value is -2.85. The van der Waals surface area contributed by atoms with E-state index in [1.54, 1.807) is 0 Å². The molecule has 0 saturated carbocycles. The molecular weight excluding hydrogens is 667 g/mol. The summed E-state index contributed by atoms with van der Waals surface area (Å²) in [5.74, 6) is -0.964. The zero-order chi connectivity index (χ0) is 37.1. The van der Waals surface area contributed by atoms with Crippen molar-refractivity contribution in [3.05, 3.63) is 25.3 Å². The van der Waals surface area contributed by atoms with Crippen molar-refractivity contribution in [2.24, 2.45) is 23.7 Å². The third kappa shape index (κ3) is 15.7. The summed E-state index contributed by atoms with van der Waals surface area (Å²) < 4.78 is 48.2. The van der Waals surface area contributed by atoms with Crippen LogP contribution in [0.3, 0.4) is 0 Å². The normalized spacial score (nSPS) is 29.3. The molecule has 2 amide bonds. The predicted octanol–water partition coefficient (Wildman–Crippen LogP) is 3.96. The Balaban J connectivity index is 0.000000510. The van der Waals surface area contributed by atoms with Crippen molar-refractivity contribution in [3.8, 4) is 0 Å². The van der Waals surface area contributed by atoms with Crippen LogP contribution in [0, 0.1) is 23.7 Å². The fourth-order valence-corrected chi connectivity index (χ4v) is 5.87. The molecule has 0 bridgehead atoms. The molecule has 16 nitrogen and oxygen atoms in total. The highest BCUT2D eigenvalue weighted by molar-refractivity contribution is 7.41. The first-order valence-electron chi connectivity index (χ1n) is 16.3. The Kier molecular flexibility index (Phi) is 21.2. The van der Waals surface area contributed by atoms with Crippen LogP contribution < -0.4 is 10.6 Å². The molecule has 0 aromatic heterocycles. The Morgan fingerprint density at radius 2 is 1.14 bits per heavy atom. The number of amides is 2. The molecule has 0 radical (unpaired) electrons. The molecule has 2 heterocycles. The second-order valence-electron chi connectivity index (χ2n) is 11.4. The van der Waals surface area contributed by atoms with Crippen LogP contribution in [-0.4, -0.2) is 106 Å². The summed E-state index contributed by atoms with van der Waals surface area (Å²) >= 11 is 0. The van der Waals surface area contributed by atoms with Gasteiger partial charge in [-0.25, -0.2) is 9.59 Å². The lowest BCUT2D eigenvalue weighted by atomic mass is 9.82. The van der Waals surface area contributed by atoms with Gasteiger partial charge >= 0.3 is 32.7 Å². The third-order valence-corrected chi connectivity index (χ3v) is 9.30. The van der Waals surface area contributed by atoms with E-state index < -0.39 is 63.6 Å². The Bertz CT molecular complexity index is 1050. The van der Waals surface area contributed by atoms with Crippen LogP contribution in [0.15, 0.2) is 25.3 Å². The van der Waals surface area contributed by atoms with Crippen LogP contribution >= 0.6 is 8.60 Å². The summed E-state index contributed by atoms with van der Waals surface area (Å²) in [5.41, 5.74) is 0. The molecule has 10 atom stereocenters. The van der Waals surface area contributed by atoms with Gasteiger partial charge in [-0.15, -0.1) is 0 Å². The highest BCUT2D eigenvalue weighted by atomic mass is 31.2. The second kappa shape index (κ2) is 23.5. The van der Waals surface area contributed by atoms with E-state index in [4.69, 9.17) is 42.0 Å². The van der Waals surface area contributed by atoms with E-state index in [0.717, 1.165) is 0 Å². The predicted molar refractivity (Wildman–Crippen MR) is 178 cm³/mol. The van der Waals surface area contributed by atoms with E-state index in [-0.39, 0.29) is 56.1 Å². The number of aliphatic hydroxyl groups is 1. The van der Waals surface area contributed by atoms with Crippen LogP contribution in [0.5, 0.6) is 0 Å². The molecule has 17 heteroatoms. The summed E-state index contributed by atoms with van der Waals surface area (Å²) in [5, 5.41) is 15.4. The zero-order valence-corrected chi connectivity index (χ0v) is 30.7. The molecule has 3 N–H and O–H groups in total. The maximum Gasteiger partial charge on any atom is 0.407 e. The number of carbonyl (C=O) groups excluding carboxylic acids is 4. The largest absolute Gasteiger partial charge is 0.463 e. The van der Waals surface area contributed by atoms with Crippen LogP contribution in [-0.2, 0) is 51.6 Å². The third-order valence-electron chi connectivity index (χ3n) is 7.98. The first kappa shape index (κ1) is 44.2. The lowest BCUT2D eigenvalue weighted by molar-refractivity contribution is -0.222. The van der Waals surface area contributed by atoms with Gasteiger partial charge in [0.2, 0.25) is 0 Å². The molecule has 0 aliphatic carbocycles. The maximum atomic E-state index is 12.1. The number of nitrogens with one attached hydrogen (secondary N) is 2. The van der Waals surface area contributed by atoms with Gasteiger partial charge in [0.25, 0.3) is 0 Å². The van der Waals surface area contributed by atoms with Gasteiger partial charge in [0, 0.05) is 13.8 Å². The molecule has 49 heavy (non-hydrogen) atoms. The zero-order valence-electron chi connectivity index (χ0n) is 29.8. The molecule has 2 aliphatic heterocycles. The van der Waals surface area contributed by atoms with Gasteiger partial charge in [-0.1, -0.05) is 53.0 Å². The first-order chi connectivity index (χ1) is 23.2. The van der Waals surface area contributed by atoms with E-state index >= 15 is 0 Å². The fraction of sp³-hybridized carbons (Fsp3) is 0.750. The van der Waals surface area contributed by atoms with Crippen molar-refractivity contribution in [3.63, 3.8) is 0 Å². The lowest BCUT2D eigenvalue weighted by Crippen LogP contribution is -2.58. The second-order valence-corrected chi connectivity index (χ2v) is 12.6. The van der Waals surface area contributed by atoms with Gasteiger partial charge in [0.1, 0.15) is 26.4 Å². The quantitative estimate of drug-likeness (QED) is 0.0896. The van der Waals surface area contributed by atoms with Crippen molar-refractivity contribution in [2.75, 3.05) is 39.6 Å². The summed E-state index contributed by atoms with van der Waals surface area (Å²) in [7, 11) is -1.66. The molecule has 2 fully saturated rings. The van der Waals surface area contributed by atoms with Gasteiger partial charge in [-0.3, -0.25) is 14.1 Å². The van der Waals surface area contributed by atoms with Crippen LogP contribution in [0.1, 0.15) is 55.4 Å². The van der Waals surface area contributed by atoms with E-state index in [1.807, 2.05) is 41.5 Å². The molecular formula is C32H55N2O14P. The van der Waals surface area contributed by atoms with Gasteiger partial charge in [-0.05, 0) is 37.5 Å². The number of hydrogen-bond donors (Lipinski definition) is 3. The average molecular weight is 723 g/mol. The van der Waals surface area contributed by atoms with E-state index in [0.29, 0.717) is 13.2 Å². The number of alkyl carbamates (subject to hydrolysis) is 2. The summed E-state index contributed by atoms with van der Waals surface area (Å²) in [6, 6.07) is -1.10. The summed E-state index contributed by atoms with van der Waals surface area (Å²) in [6.45, 7) is 22.2. The first-order valence-corrected chi connectivity index (χ1v) is 17.4. The molecule has 0 aromatic rings. The number of esters is 2. The number of carbonyl (C=O) groups is 4. The van der Waals surface area contributed by atoms with E-state index in [9.17, 15) is 24.3 Å². The maximum absolute atomic E-state index is 12.1. The Morgan fingerprint density at radius 1 is 0.714 bits per heavy atom. The van der Waals surface area contributed by atoms with E-state index in [2.05, 4.69) is 23.8 Å². The van der Waals surface area contributed by atoms with Gasteiger partial charge < -0.3 is 53.2 Å². The van der Waals surface area contributed by atoms with Gasteiger partial charge in [0.05, 0.1) is 37.5 Å². The number of rotatable bonds is 16. The average Bonchev–Trinajstić information content (AvgIpc) is 3.05. The van der Waals surface area contributed by atoms with Crippen molar-refractivity contribution < 1.29 is 66.3 Å². The minimum Gasteiger partial charge on any atom is -0.463 e. The smallest absolute Gasteiger partial charge is 0.407 e. The monoisotopic (exact) mass is 722 g/mol. The topological polar surface area (TPSA) is 196 Å². The molecule has 0 aromatic carbocycles. The summed E-state index contributed by atoms with van der Waals surface area (Å²) in [6.07, 6.45) is -1.16. The number of aliphatic hydroxyl groups excluding tert-OH is 1.